The smallest absolute Gasteiger partial charge is 0.333 e. The molecule has 0 fully saturated rings. The number of carbonyl (C=O) groups excluding carboxylic acids is 2. The van der Waals surface area contributed by atoms with E-state index < -0.39 is 17.5 Å². The van der Waals surface area contributed by atoms with E-state index in [1.165, 1.54) is 0 Å². The van der Waals surface area contributed by atoms with E-state index >= 15 is 0 Å². The number of hydrogen-bond donors (Lipinski definition) is 0. The summed E-state index contributed by atoms with van der Waals surface area (Å²) in [4.78, 5) is 21.7. The molecule has 0 aliphatic heterocycles. The van der Waals surface area contributed by atoms with E-state index in [4.69, 9.17) is 4.74 Å². The van der Waals surface area contributed by atoms with Crippen molar-refractivity contribution in [2.24, 2.45) is 5.41 Å². The van der Waals surface area contributed by atoms with Gasteiger partial charge in [-0.15, -0.1) is 0 Å². The molecule has 0 radical (unpaired) electrons. The summed E-state index contributed by atoms with van der Waals surface area (Å²) in [6, 6.07) is 0. The Morgan fingerprint density at radius 3 is 2.31 bits per heavy atom. The van der Waals surface area contributed by atoms with E-state index in [0.717, 1.165) is 6.29 Å². The molecule has 0 heterocycles. The van der Waals surface area contributed by atoms with Crippen molar-refractivity contribution < 1.29 is 14.3 Å². The van der Waals surface area contributed by atoms with Crippen LogP contribution in [0.2, 0.25) is 0 Å². The van der Waals surface area contributed by atoms with Crippen molar-refractivity contribution in [1.29, 1.82) is 0 Å². The first kappa shape index (κ1) is 11.9. The summed E-state index contributed by atoms with van der Waals surface area (Å²) in [6.45, 7) is 10.2. The molecule has 0 aromatic rings. The molecule has 74 valence electrons. The minimum atomic E-state index is -0.648. The number of esters is 1. The second-order valence-corrected chi connectivity index (χ2v) is 3.77. The van der Waals surface area contributed by atoms with Crippen LogP contribution < -0.4 is 0 Å². The van der Waals surface area contributed by atoms with E-state index in [1.54, 1.807) is 27.7 Å². The Balaban J connectivity index is 4.31. The predicted octanol–water partition coefficient (Wildman–Crippen LogP) is 1.72. The van der Waals surface area contributed by atoms with Crippen molar-refractivity contribution in [3.63, 3.8) is 0 Å². The molecule has 0 aliphatic carbocycles. The Morgan fingerprint density at radius 2 is 2.00 bits per heavy atom. The average molecular weight is 184 g/mol. The molecule has 0 aromatic heterocycles. The van der Waals surface area contributed by atoms with Gasteiger partial charge in [0.2, 0.25) is 0 Å². The Morgan fingerprint density at radius 1 is 1.54 bits per heavy atom. The van der Waals surface area contributed by atoms with Crippen LogP contribution >= 0.6 is 0 Å². The van der Waals surface area contributed by atoms with Crippen LogP contribution in [0.5, 0.6) is 0 Å². The Labute approximate surface area is 78.8 Å². The highest BCUT2D eigenvalue weighted by atomic mass is 16.5. The first-order valence-corrected chi connectivity index (χ1v) is 4.14. The van der Waals surface area contributed by atoms with Crippen molar-refractivity contribution in [2.45, 2.75) is 33.8 Å². The normalized spacial score (nSPS) is 13.2. The summed E-state index contributed by atoms with van der Waals surface area (Å²) in [6.07, 6.45) is 0.345. The molecule has 0 rings (SSSR count). The molecule has 0 saturated heterocycles. The lowest BCUT2D eigenvalue weighted by molar-refractivity contribution is -0.150. The van der Waals surface area contributed by atoms with E-state index in [-0.39, 0.29) is 0 Å². The molecule has 0 spiro atoms. The first-order chi connectivity index (χ1) is 5.81. The van der Waals surface area contributed by atoms with Gasteiger partial charge in [-0.3, -0.25) is 0 Å². The molecule has 0 aromatic carbocycles. The number of ether oxygens (including phenoxy) is 1. The summed E-state index contributed by atoms with van der Waals surface area (Å²) < 4.78 is 5.00. The van der Waals surface area contributed by atoms with Crippen LogP contribution in [0.15, 0.2) is 12.2 Å². The van der Waals surface area contributed by atoms with Gasteiger partial charge in [-0.05, 0) is 27.7 Å². The van der Waals surface area contributed by atoms with Gasteiger partial charge in [0.05, 0.1) is 5.41 Å². The van der Waals surface area contributed by atoms with Crippen LogP contribution in [-0.4, -0.2) is 18.4 Å². The Bertz CT molecular complexity index is 228. The third kappa shape index (κ3) is 3.40. The average Bonchev–Trinajstić information content (AvgIpc) is 2.04. The molecule has 3 nitrogen and oxygen atoms in total. The first-order valence-electron chi connectivity index (χ1n) is 4.14. The molecule has 0 bridgehead atoms. The molecule has 0 saturated carbocycles. The molecule has 1 unspecified atom stereocenters. The number of aldehydes is 1. The summed E-state index contributed by atoms with van der Waals surface area (Å²) >= 11 is 0. The number of rotatable bonds is 4. The third-order valence-electron chi connectivity index (χ3n) is 1.98. The van der Waals surface area contributed by atoms with Gasteiger partial charge >= 0.3 is 5.97 Å². The molecular formula is C10H16O3. The van der Waals surface area contributed by atoms with Crippen LogP contribution in [0.4, 0.5) is 0 Å². The largest absolute Gasteiger partial charge is 0.458 e. The van der Waals surface area contributed by atoms with Gasteiger partial charge in [0.1, 0.15) is 12.4 Å². The fourth-order valence-corrected chi connectivity index (χ4v) is 0.509. The van der Waals surface area contributed by atoms with E-state index in [2.05, 4.69) is 6.58 Å². The Hall–Kier alpha value is -1.12. The van der Waals surface area contributed by atoms with Crippen molar-refractivity contribution >= 4 is 12.3 Å². The topological polar surface area (TPSA) is 43.4 Å². The van der Waals surface area contributed by atoms with Gasteiger partial charge in [0.15, 0.2) is 0 Å². The van der Waals surface area contributed by atoms with Crippen LogP contribution in [0.1, 0.15) is 27.7 Å². The molecule has 0 aliphatic rings. The molecule has 3 heteroatoms. The van der Waals surface area contributed by atoms with Crippen LogP contribution in [0.25, 0.3) is 0 Å². The zero-order chi connectivity index (χ0) is 10.6. The second kappa shape index (κ2) is 4.21. The molecule has 13 heavy (non-hydrogen) atoms. The fraction of sp³-hybridized carbons (Fsp3) is 0.600. The van der Waals surface area contributed by atoms with E-state index in [1.807, 2.05) is 0 Å². The van der Waals surface area contributed by atoms with Gasteiger partial charge in [0, 0.05) is 5.57 Å². The zero-order valence-corrected chi connectivity index (χ0v) is 8.59. The SMILES string of the molecule is C=C(C)C(=O)OC(C)C(C)(C)C=O. The standard InChI is InChI=1S/C10H16O3/c1-7(2)9(12)13-8(3)10(4,5)6-11/h6,8H,1H2,2-5H3. The van der Waals surface area contributed by atoms with E-state index in [0.29, 0.717) is 5.57 Å². The minimum absolute atomic E-state index is 0.341. The summed E-state index contributed by atoms with van der Waals surface area (Å²) in [5, 5.41) is 0. The molecule has 0 N–H and O–H groups in total. The maximum absolute atomic E-state index is 11.1. The van der Waals surface area contributed by atoms with Gasteiger partial charge in [-0.2, -0.15) is 0 Å². The fourth-order valence-electron chi connectivity index (χ4n) is 0.509. The highest BCUT2D eigenvalue weighted by Gasteiger charge is 2.28. The van der Waals surface area contributed by atoms with Crippen molar-refractivity contribution in [2.75, 3.05) is 0 Å². The van der Waals surface area contributed by atoms with E-state index in [9.17, 15) is 9.59 Å². The lowest BCUT2D eigenvalue weighted by Crippen LogP contribution is -2.32. The van der Waals surface area contributed by atoms with Gasteiger partial charge < -0.3 is 9.53 Å². The van der Waals surface area contributed by atoms with Crippen LogP contribution in [0.3, 0.4) is 0 Å². The third-order valence-corrected chi connectivity index (χ3v) is 1.98. The molecular weight excluding hydrogens is 168 g/mol. The van der Waals surface area contributed by atoms with Crippen LogP contribution in [-0.2, 0) is 14.3 Å². The summed E-state index contributed by atoms with van der Waals surface area (Å²) in [7, 11) is 0. The van der Waals surface area contributed by atoms with Crippen molar-refractivity contribution in [1.82, 2.24) is 0 Å². The van der Waals surface area contributed by atoms with Crippen LogP contribution in [0, 0.1) is 5.41 Å². The van der Waals surface area contributed by atoms with Gasteiger partial charge in [-0.1, -0.05) is 6.58 Å². The summed E-state index contributed by atoms with van der Waals surface area (Å²) in [5.74, 6) is -0.456. The minimum Gasteiger partial charge on any atom is -0.458 e. The maximum Gasteiger partial charge on any atom is 0.333 e. The zero-order valence-electron chi connectivity index (χ0n) is 8.59. The molecule has 0 amide bonds. The molecule has 1 atom stereocenters. The van der Waals surface area contributed by atoms with Gasteiger partial charge in [0.25, 0.3) is 0 Å². The van der Waals surface area contributed by atoms with Crippen molar-refractivity contribution in [3.8, 4) is 0 Å². The highest BCUT2D eigenvalue weighted by molar-refractivity contribution is 5.87. The highest BCUT2D eigenvalue weighted by Crippen LogP contribution is 2.20. The monoisotopic (exact) mass is 184 g/mol. The summed E-state index contributed by atoms with van der Waals surface area (Å²) in [5.41, 5.74) is -0.306. The lowest BCUT2D eigenvalue weighted by Gasteiger charge is -2.25. The van der Waals surface area contributed by atoms with Gasteiger partial charge in [-0.25, -0.2) is 4.79 Å². The quantitative estimate of drug-likeness (QED) is 0.379. The number of carbonyl (C=O) groups is 2. The maximum atomic E-state index is 11.1. The predicted molar refractivity (Wildman–Crippen MR) is 50.2 cm³/mol. The van der Waals surface area contributed by atoms with Crippen molar-refractivity contribution in [3.05, 3.63) is 12.2 Å². The number of hydrogen-bond acceptors (Lipinski definition) is 3. The second-order valence-electron chi connectivity index (χ2n) is 3.77. The lowest BCUT2D eigenvalue weighted by atomic mass is 9.89. The Kier molecular flexibility index (Phi) is 3.85.